The molecule has 5 aliphatic carbocycles. The van der Waals surface area contributed by atoms with Crippen LogP contribution < -0.4 is 0 Å². The Balaban J connectivity index is 1.00. The maximum absolute atomic E-state index is 13.8. The fourth-order valence-corrected chi connectivity index (χ4v) is 16.9. The average Bonchev–Trinajstić information content (AvgIpc) is 3.17. The van der Waals surface area contributed by atoms with Gasteiger partial charge >= 0.3 is 11.9 Å². The number of aliphatic hydroxyl groups is 12. The Hall–Kier alpha value is -2.12. The van der Waals surface area contributed by atoms with E-state index >= 15 is 0 Å². The van der Waals surface area contributed by atoms with E-state index < -0.39 is 169 Å². The van der Waals surface area contributed by atoms with Crippen LogP contribution in [0.15, 0.2) is 11.6 Å². The molecule has 0 aromatic carbocycles. The fourth-order valence-electron chi connectivity index (χ4n) is 16.9. The van der Waals surface area contributed by atoms with E-state index in [9.17, 15) is 70.9 Å². The number of hydrogen-bond donors (Lipinski definition) is 12. The highest BCUT2D eigenvalue weighted by Gasteiger charge is 2.71. The van der Waals surface area contributed by atoms with Crippen LogP contribution >= 0.6 is 0 Å². The average molecular weight is 1150 g/mol. The first kappa shape index (κ1) is 62.4. The van der Waals surface area contributed by atoms with Gasteiger partial charge in [-0.3, -0.25) is 4.79 Å². The highest BCUT2D eigenvalue weighted by molar-refractivity contribution is 5.77. The molecule has 80 heavy (non-hydrogen) atoms. The molecule has 0 spiro atoms. The molecule has 9 aliphatic rings. The van der Waals surface area contributed by atoms with E-state index in [1.54, 1.807) is 6.92 Å². The zero-order valence-corrected chi connectivity index (χ0v) is 47.6. The van der Waals surface area contributed by atoms with Crippen LogP contribution in [0.5, 0.6) is 0 Å². The van der Waals surface area contributed by atoms with Crippen LogP contribution in [-0.2, 0) is 57.0 Å². The summed E-state index contributed by atoms with van der Waals surface area (Å²) in [6, 6.07) is 0. The Bertz CT molecular complexity index is 2260. The predicted octanol–water partition coefficient (Wildman–Crippen LogP) is -1.20. The number of carbonyl (C=O) groups excluding carboxylic acids is 2. The van der Waals surface area contributed by atoms with Crippen LogP contribution in [0.1, 0.15) is 113 Å². The zero-order valence-electron chi connectivity index (χ0n) is 47.6. The van der Waals surface area contributed by atoms with Crippen molar-refractivity contribution in [2.24, 2.45) is 50.2 Å². The van der Waals surface area contributed by atoms with Gasteiger partial charge in [-0.2, -0.15) is 0 Å². The maximum atomic E-state index is 13.8. The third-order valence-electron chi connectivity index (χ3n) is 22.2. The first-order valence-corrected chi connectivity index (χ1v) is 28.6. The molecule has 0 radical (unpaired) electrons. The van der Waals surface area contributed by atoms with Crippen molar-refractivity contribution in [3.05, 3.63) is 11.6 Å². The number of ether oxygens (including phenoxy) is 10. The van der Waals surface area contributed by atoms with Crippen molar-refractivity contribution in [2.75, 3.05) is 27.4 Å². The maximum Gasteiger partial charge on any atom is 0.337 e. The van der Waals surface area contributed by atoms with E-state index in [0.29, 0.717) is 38.5 Å². The molecule has 31 atom stereocenters. The number of hydrogen-bond acceptors (Lipinski definition) is 24. The minimum atomic E-state index is -2.01. The highest BCUT2D eigenvalue weighted by Crippen LogP contribution is 2.76. The van der Waals surface area contributed by atoms with Crippen molar-refractivity contribution in [3.8, 4) is 0 Å². The number of aliphatic hydroxyl groups excluding tert-OH is 12. The third kappa shape index (κ3) is 9.85. The largest absolute Gasteiger partial charge is 0.469 e. The van der Waals surface area contributed by atoms with E-state index in [0.717, 1.165) is 20.0 Å². The van der Waals surface area contributed by atoms with Crippen molar-refractivity contribution in [1.29, 1.82) is 0 Å². The summed E-state index contributed by atoms with van der Waals surface area (Å²) in [7, 11) is 2.44. The Kier molecular flexibility index (Phi) is 17.6. The van der Waals surface area contributed by atoms with Gasteiger partial charge in [-0.1, -0.05) is 46.3 Å². The second-order valence-corrected chi connectivity index (χ2v) is 26.5. The summed E-state index contributed by atoms with van der Waals surface area (Å²) in [6.07, 6.45) is -26.6. The molecule has 4 saturated carbocycles. The molecule has 0 aromatic heterocycles. The predicted molar refractivity (Wildman–Crippen MR) is 273 cm³/mol. The van der Waals surface area contributed by atoms with Crippen LogP contribution in [0.25, 0.3) is 0 Å². The lowest BCUT2D eigenvalue weighted by molar-refractivity contribution is -0.396. The molecule has 4 heterocycles. The van der Waals surface area contributed by atoms with Gasteiger partial charge in [0.2, 0.25) is 0 Å². The summed E-state index contributed by atoms with van der Waals surface area (Å²) in [5.41, 5.74) is -2.41. The summed E-state index contributed by atoms with van der Waals surface area (Å²) >= 11 is 0. The van der Waals surface area contributed by atoms with Crippen LogP contribution in [0, 0.1) is 50.2 Å². The Morgan fingerprint density at radius 3 is 1.70 bits per heavy atom. The molecule has 4 saturated heterocycles. The summed E-state index contributed by atoms with van der Waals surface area (Å²) in [5, 5.41) is 132. The van der Waals surface area contributed by atoms with Crippen LogP contribution in [0.4, 0.5) is 0 Å². The number of carbonyl (C=O) groups is 2. The molecule has 24 nitrogen and oxygen atoms in total. The molecular formula is C56H90O24. The Labute approximate surface area is 466 Å². The molecule has 0 unspecified atom stereocenters. The third-order valence-corrected chi connectivity index (χ3v) is 22.2. The second-order valence-electron chi connectivity index (χ2n) is 26.5. The quantitative estimate of drug-likeness (QED) is 0.0620. The molecule has 24 heteroatoms. The molecule has 0 bridgehead atoms. The monoisotopic (exact) mass is 1150 g/mol. The molecule has 458 valence electrons. The molecule has 8 fully saturated rings. The van der Waals surface area contributed by atoms with Gasteiger partial charge in [0.15, 0.2) is 31.3 Å². The Morgan fingerprint density at radius 1 is 0.562 bits per heavy atom. The summed E-state index contributed by atoms with van der Waals surface area (Å²) in [6.45, 7) is 14.8. The minimum Gasteiger partial charge on any atom is -0.469 e. The van der Waals surface area contributed by atoms with E-state index in [4.69, 9.17) is 47.4 Å². The van der Waals surface area contributed by atoms with Crippen LogP contribution in [0.2, 0.25) is 0 Å². The summed E-state index contributed by atoms with van der Waals surface area (Å²) in [5.74, 6) is -1.71. The highest BCUT2D eigenvalue weighted by atomic mass is 16.8. The van der Waals surface area contributed by atoms with Gasteiger partial charge in [-0.25, -0.2) is 4.79 Å². The van der Waals surface area contributed by atoms with E-state index in [-0.39, 0.29) is 47.6 Å². The number of rotatable bonds is 12. The van der Waals surface area contributed by atoms with E-state index in [2.05, 4.69) is 33.8 Å². The lowest BCUT2D eigenvalue weighted by Gasteiger charge is -2.72. The lowest BCUT2D eigenvalue weighted by Crippen LogP contribution is -2.68. The first-order chi connectivity index (χ1) is 37.4. The van der Waals surface area contributed by atoms with Crippen molar-refractivity contribution < 1.29 is 118 Å². The van der Waals surface area contributed by atoms with E-state index in [1.807, 2.05) is 13.8 Å². The van der Waals surface area contributed by atoms with Crippen LogP contribution in [0.3, 0.4) is 0 Å². The molecule has 0 amide bonds. The molecule has 4 aliphatic heterocycles. The van der Waals surface area contributed by atoms with Gasteiger partial charge in [0.05, 0.1) is 57.3 Å². The number of methoxy groups -OCH3 is 2. The van der Waals surface area contributed by atoms with Gasteiger partial charge in [-0.15, -0.1) is 0 Å². The molecule has 0 aromatic rings. The number of fused-ring (bicyclic) bond motifs is 7. The summed E-state index contributed by atoms with van der Waals surface area (Å²) in [4.78, 5) is 27.0. The molecular weight excluding hydrogens is 1060 g/mol. The standard InChI is InChI=1S/C56H90O24/c1-23-32(59)35(62)40(67)46(73-23)77-31-20-51(3,50(70)72-10)19-26-25-11-12-29-53(5)15-14-30(54(6,22-58)28(53)13-16-56(29,8)55(25,7)18-17-52(26,31)4)76-49-44(39(66)38(65)42(78-49)45(69)71-9)80-48-43(37(64)34(61)27(21-57)75-48)79-47-41(68)36(63)33(60)24(2)74-47/h11,23-24,26-44,46-49,57-68H,12-22H2,1-10H3/t23-,24-,26-,27+,28+,29+,30-,31+,32-,33-,34+,35+,36+,37-,38-,39-,40+,41+,42-,43+,44+,46-,47-,48-,49+,51-,52+,53-,54+,55+,56+/m0/s1. The van der Waals surface area contributed by atoms with E-state index in [1.165, 1.54) is 19.6 Å². The lowest BCUT2D eigenvalue weighted by atomic mass is 9.33. The van der Waals surface area contributed by atoms with Gasteiger partial charge in [-0.05, 0) is 113 Å². The van der Waals surface area contributed by atoms with Crippen molar-refractivity contribution in [3.63, 3.8) is 0 Å². The van der Waals surface area contributed by atoms with Crippen molar-refractivity contribution in [1.82, 2.24) is 0 Å². The minimum absolute atomic E-state index is 0.0739. The number of esters is 2. The van der Waals surface area contributed by atoms with Gasteiger partial charge in [0, 0.05) is 10.8 Å². The van der Waals surface area contributed by atoms with Gasteiger partial charge in [0.25, 0.3) is 0 Å². The van der Waals surface area contributed by atoms with Crippen molar-refractivity contribution in [2.45, 2.75) is 248 Å². The molecule has 12 N–H and O–H groups in total. The first-order valence-electron chi connectivity index (χ1n) is 28.6. The normalized spacial score (nSPS) is 55.1. The summed E-state index contributed by atoms with van der Waals surface area (Å²) < 4.78 is 59.9. The smallest absolute Gasteiger partial charge is 0.337 e. The fraction of sp³-hybridized carbons (Fsp3) is 0.929. The van der Waals surface area contributed by atoms with Crippen LogP contribution in [-0.4, -0.2) is 236 Å². The zero-order chi connectivity index (χ0) is 58.7. The van der Waals surface area contributed by atoms with Gasteiger partial charge in [0.1, 0.15) is 79.4 Å². The molecule has 9 rings (SSSR count). The number of allylic oxidation sites excluding steroid dienone is 2. The van der Waals surface area contributed by atoms with Gasteiger partial charge < -0.3 is 109 Å². The van der Waals surface area contributed by atoms with Crippen molar-refractivity contribution >= 4 is 11.9 Å². The Morgan fingerprint density at radius 2 is 1.12 bits per heavy atom. The SMILES string of the molecule is COC(=O)[C@H]1O[C@@H](O[C@H]2CC[C@@]3(C)[C@@H](CC[C@]4(C)[C@@H]3CC=C3[C@@H]5C[C@](C)(C(=O)OC)C[C@@H](O[C@@H]6O[C@@H](C)[C@H](O)[C@@H](O)[C@H]6O)[C@]5(C)CC[C@]34C)[C@@]2(C)CO)[C@H](O[C@@H]2O[C@H](CO)[C@@H](O)[C@H](O)[C@H]2O[C@@H]2O[C@@H](C)[C@H](O)[C@@H](O)[C@H]2O)[C@@H](O)[C@@H]1O. The second kappa shape index (κ2) is 22.6. The topological polar surface area (TPSA) is 369 Å².